The van der Waals surface area contributed by atoms with Crippen molar-refractivity contribution >= 4 is 5.91 Å². The fourth-order valence-electron chi connectivity index (χ4n) is 9.29. The molecule has 0 aromatic heterocycles. The molecule has 0 radical (unpaired) electrons. The van der Waals surface area contributed by atoms with Gasteiger partial charge in [-0.15, -0.1) is 0 Å². The van der Waals surface area contributed by atoms with E-state index in [1.54, 1.807) is 0 Å². The SMILES string of the molecule is CCCC/C=C/CC/C=C/CCCC(O)C(O)C(CO)NC(=O)C(O)CCCCCCCCCCCCCCCCCCCCCCCCCCCCCCCCCCCCCCCC. The van der Waals surface area contributed by atoms with E-state index in [-0.39, 0.29) is 0 Å². The molecular weight excluding hydrogens is 803 g/mol. The molecule has 0 bridgehead atoms. The Morgan fingerprint density at radius 1 is 0.369 bits per heavy atom. The molecule has 6 heteroatoms. The molecule has 4 unspecified atom stereocenters. The first-order valence-corrected chi connectivity index (χ1v) is 29.2. The molecule has 6 nitrogen and oxygen atoms in total. The minimum absolute atomic E-state index is 0.364. The van der Waals surface area contributed by atoms with Gasteiger partial charge in [-0.1, -0.05) is 295 Å². The molecule has 0 spiro atoms. The zero-order chi connectivity index (χ0) is 47.4. The average molecular weight is 919 g/mol. The second-order valence-corrected chi connectivity index (χ2v) is 20.3. The summed E-state index contributed by atoms with van der Waals surface area (Å²) in [7, 11) is 0. The molecule has 5 N–H and O–H groups in total. The number of carbonyl (C=O) groups is 1. The van der Waals surface area contributed by atoms with E-state index in [2.05, 4.69) is 43.5 Å². The summed E-state index contributed by atoms with van der Waals surface area (Å²) in [6, 6.07) is -1.00. The molecule has 0 saturated heterocycles. The van der Waals surface area contributed by atoms with Gasteiger partial charge >= 0.3 is 0 Å². The van der Waals surface area contributed by atoms with Crippen LogP contribution in [-0.2, 0) is 4.79 Å². The molecule has 0 fully saturated rings. The van der Waals surface area contributed by atoms with Crippen molar-refractivity contribution in [2.75, 3.05) is 6.61 Å². The standard InChI is InChI=1S/C59H115NO5/c1-3-5-7-9-11-13-15-16-17-18-19-20-21-22-23-24-25-26-27-28-29-30-31-32-33-34-35-36-37-38-39-40-41-43-45-47-49-51-53-57(63)59(65)60-55(54-61)58(64)56(62)52-50-48-46-44-42-14-12-10-8-6-4-2/h10,12,44,46,55-58,61-64H,3-9,11,13-43,45,47-54H2,1-2H3,(H,60,65)/b12-10+,46-44+. The van der Waals surface area contributed by atoms with E-state index in [0.717, 1.165) is 44.9 Å². The number of hydrogen-bond acceptors (Lipinski definition) is 5. The number of amides is 1. The maximum Gasteiger partial charge on any atom is 0.249 e. The van der Waals surface area contributed by atoms with E-state index in [1.165, 1.54) is 238 Å². The van der Waals surface area contributed by atoms with E-state index in [4.69, 9.17) is 0 Å². The normalized spacial score (nSPS) is 13.9. The molecular formula is C59H115NO5. The fourth-order valence-corrected chi connectivity index (χ4v) is 9.29. The summed E-state index contributed by atoms with van der Waals surface area (Å²) >= 11 is 0. The molecule has 0 aliphatic carbocycles. The zero-order valence-electron chi connectivity index (χ0n) is 43.8. The molecule has 0 saturated carbocycles. The van der Waals surface area contributed by atoms with Crippen LogP contribution < -0.4 is 5.32 Å². The van der Waals surface area contributed by atoms with Crippen LogP contribution in [0.1, 0.15) is 316 Å². The van der Waals surface area contributed by atoms with Crippen LogP contribution in [0.4, 0.5) is 0 Å². The Morgan fingerprint density at radius 3 is 0.954 bits per heavy atom. The summed E-state index contributed by atoms with van der Waals surface area (Å²) < 4.78 is 0. The van der Waals surface area contributed by atoms with Crippen LogP contribution in [-0.4, -0.2) is 57.3 Å². The lowest BCUT2D eigenvalue weighted by atomic mass is 10.00. The van der Waals surface area contributed by atoms with Crippen molar-refractivity contribution in [3.8, 4) is 0 Å². The van der Waals surface area contributed by atoms with E-state index in [1.807, 2.05) is 0 Å². The topological polar surface area (TPSA) is 110 Å². The molecule has 65 heavy (non-hydrogen) atoms. The molecule has 0 aromatic carbocycles. The summed E-state index contributed by atoms with van der Waals surface area (Å²) in [5.41, 5.74) is 0. The van der Waals surface area contributed by atoms with Crippen molar-refractivity contribution < 1.29 is 25.2 Å². The molecule has 4 atom stereocenters. The third kappa shape index (κ3) is 47.6. The van der Waals surface area contributed by atoms with Gasteiger partial charge in [0.1, 0.15) is 12.2 Å². The highest BCUT2D eigenvalue weighted by molar-refractivity contribution is 5.80. The fraction of sp³-hybridized carbons (Fsp3) is 0.915. The number of hydrogen-bond donors (Lipinski definition) is 5. The van der Waals surface area contributed by atoms with Crippen LogP contribution >= 0.6 is 0 Å². The van der Waals surface area contributed by atoms with E-state index >= 15 is 0 Å². The second kappa shape index (κ2) is 53.7. The average Bonchev–Trinajstić information content (AvgIpc) is 3.31. The Bertz CT molecular complexity index is 986. The van der Waals surface area contributed by atoms with Crippen molar-refractivity contribution in [2.24, 2.45) is 0 Å². The van der Waals surface area contributed by atoms with Gasteiger partial charge < -0.3 is 25.7 Å². The maximum atomic E-state index is 12.5. The number of carbonyl (C=O) groups excluding carboxylic acids is 1. The van der Waals surface area contributed by atoms with Crippen molar-refractivity contribution in [1.82, 2.24) is 5.32 Å². The largest absolute Gasteiger partial charge is 0.394 e. The number of aliphatic hydroxyl groups is 4. The number of allylic oxidation sites excluding steroid dienone is 4. The summed E-state index contributed by atoms with van der Waals surface area (Å²) in [6.45, 7) is 4.00. The molecule has 0 rings (SSSR count). The first kappa shape index (κ1) is 63.8. The van der Waals surface area contributed by atoms with Crippen LogP contribution in [0.3, 0.4) is 0 Å². The second-order valence-electron chi connectivity index (χ2n) is 20.3. The van der Waals surface area contributed by atoms with Gasteiger partial charge in [-0.05, 0) is 44.9 Å². The van der Waals surface area contributed by atoms with E-state index in [0.29, 0.717) is 19.3 Å². The van der Waals surface area contributed by atoms with Crippen LogP contribution in [0.5, 0.6) is 0 Å². The predicted octanol–water partition coefficient (Wildman–Crippen LogP) is 17.0. The van der Waals surface area contributed by atoms with Gasteiger partial charge in [-0.2, -0.15) is 0 Å². The van der Waals surface area contributed by atoms with Crippen LogP contribution in [0.15, 0.2) is 24.3 Å². The Kier molecular flexibility index (Phi) is 52.7. The highest BCUT2D eigenvalue weighted by Crippen LogP contribution is 2.18. The van der Waals surface area contributed by atoms with Crippen molar-refractivity contribution in [2.45, 2.75) is 340 Å². The van der Waals surface area contributed by atoms with Gasteiger partial charge in [0, 0.05) is 0 Å². The maximum absolute atomic E-state index is 12.5. The van der Waals surface area contributed by atoms with Crippen molar-refractivity contribution in [3.63, 3.8) is 0 Å². The summed E-state index contributed by atoms with van der Waals surface area (Å²) in [6.07, 6.45) is 65.9. The van der Waals surface area contributed by atoms with Gasteiger partial charge in [-0.25, -0.2) is 0 Å². The highest BCUT2D eigenvalue weighted by Gasteiger charge is 2.28. The van der Waals surface area contributed by atoms with Gasteiger partial charge in [0.25, 0.3) is 0 Å². The van der Waals surface area contributed by atoms with Gasteiger partial charge in [0.05, 0.1) is 18.8 Å². The number of rotatable bonds is 54. The number of unbranched alkanes of at least 4 members (excludes halogenated alkanes) is 41. The molecule has 1 amide bonds. The van der Waals surface area contributed by atoms with Crippen molar-refractivity contribution in [3.05, 3.63) is 24.3 Å². The predicted molar refractivity (Wildman–Crippen MR) is 284 cm³/mol. The smallest absolute Gasteiger partial charge is 0.249 e. The quantitative estimate of drug-likeness (QED) is 0.0308. The van der Waals surface area contributed by atoms with Gasteiger partial charge in [0.15, 0.2) is 0 Å². The zero-order valence-corrected chi connectivity index (χ0v) is 43.8. The van der Waals surface area contributed by atoms with Gasteiger partial charge in [0.2, 0.25) is 5.91 Å². The molecule has 0 aliphatic heterocycles. The summed E-state index contributed by atoms with van der Waals surface area (Å²) in [4.78, 5) is 12.5. The van der Waals surface area contributed by atoms with Crippen LogP contribution in [0.25, 0.3) is 0 Å². The summed E-state index contributed by atoms with van der Waals surface area (Å²) in [5, 5.41) is 43.7. The third-order valence-corrected chi connectivity index (χ3v) is 13.9. The van der Waals surface area contributed by atoms with Crippen LogP contribution in [0.2, 0.25) is 0 Å². The summed E-state index contributed by atoms with van der Waals surface area (Å²) in [5.74, 6) is -0.594. The first-order chi connectivity index (χ1) is 32.0. The Balaban J connectivity index is 3.45. The molecule has 0 aromatic rings. The lowest BCUT2D eigenvalue weighted by Gasteiger charge is -2.27. The highest BCUT2D eigenvalue weighted by atomic mass is 16.3. The minimum Gasteiger partial charge on any atom is -0.394 e. The Labute approximate surface area is 405 Å². The van der Waals surface area contributed by atoms with Crippen LogP contribution in [0, 0.1) is 0 Å². The van der Waals surface area contributed by atoms with E-state index < -0.39 is 36.9 Å². The first-order valence-electron chi connectivity index (χ1n) is 29.2. The number of aliphatic hydroxyl groups excluding tert-OH is 4. The van der Waals surface area contributed by atoms with E-state index in [9.17, 15) is 25.2 Å². The lowest BCUT2D eigenvalue weighted by Crippen LogP contribution is -2.53. The Hall–Kier alpha value is -1.21. The molecule has 386 valence electrons. The molecule has 0 aliphatic rings. The van der Waals surface area contributed by atoms with Crippen molar-refractivity contribution in [1.29, 1.82) is 0 Å². The Morgan fingerprint density at radius 2 is 0.646 bits per heavy atom. The molecule has 0 heterocycles. The third-order valence-electron chi connectivity index (χ3n) is 13.9. The van der Waals surface area contributed by atoms with Gasteiger partial charge in [-0.3, -0.25) is 4.79 Å². The lowest BCUT2D eigenvalue weighted by molar-refractivity contribution is -0.132. The minimum atomic E-state index is -1.29. The monoisotopic (exact) mass is 918 g/mol. The number of nitrogens with one attached hydrogen (secondary N) is 1.